The number of hydrogen-bond donors (Lipinski definition) is 0. The summed E-state index contributed by atoms with van der Waals surface area (Å²) < 4.78 is 10.1. The predicted octanol–water partition coefficient (Wildman–Crippen LogP) is 2.01. The Hall–Kier alpha value is -1.23. The quantitative estimate of drug-likeness (QED) is 0.717. The molecule has 0 radical (unpaired) electrons. The van der Waals surface area contributed by atoms with E-state index in [4.69, 9.17) is 9.26 Å². The van der Waals surface area contributed by atoms with Crippen LogP contribution in [0.1, 0.15) is 50.3 Å². The zero-order valence-electron chi connectivity index (χ0n) is 9.70. The molecule has 0 amide bonds. The van der Waals surface area contributed by atoms with Crippen molar-refractivity contribution in [2.45, 2.75) is 33.8 Å². The Kier molecular flexibility index (Phi) is 3.24. The fourth-order valence-electron chi connectivity index (χ4n) is 1.33. The number of nitrogens with zero attached hydrogens (tertiary/aromatic N) is 2. The third-order valence-electron chi connectivity index (χ3n) is 2.00. The molecule has 5 nitrogen and oxygen atoms in total. The zero-order chi connectivity index (χ0) is 11.6. The lowest BCUT2D eigenvalue weighted by Gasteiger charge is -2.26. The molecule has 0 aliphatic rings. The second-order valence-corrected chi connectivity index (χ2v) is 4.50. The summed E-state index contributed by atoms with van der Waals surface area (Å²) in [4.78, 5) is 15.0. The Balaban J connectivity index is 2.98. The van der Waals surface area contributed by atoms with Crippen molar-refractivity contribution in [1.29, 1.82) is 0 Å². The van der Waals surface area contributed by atoms with Gasteiger partial charge in [0.25, 0.3) is 5.89 Å². The monoisotopic (exact) mass is 212 g/mol. The maximum atomic E-state index is 11.0. The van der Waals surface area contributed by atoms with Crippen molar-refractivity contribution < 1.29 is 14.1 Å². The number of aromatic nitrogens is 2. The van der Waals surface area contributed by atoms with Gasteiger partial charge in [0, 0.05) is 14.0 Å². The third kappa shape index (κ3) is 2.62. The normalized spacial score (nSPS) is 13.9. The largest absolute Gasteiger partial charge is 0.373 e. The number of hydrogen-bond acceptors (Lipinski definition) is 5. The lowest BCUT2D eigenvalue weighted by molar-refractivity contribution is 0.00718. The van der Waals surface area contributed by atoms with Gasteiger partial charge in [-0.3, -0.25) is 4.79 Å². The molecule has 0 saturated carbocycles. The van der Waals surface area contributed by atoms with Crippen LogP contribution in [0.3, 0.4) is 0 Å². The number of carbonyl (C=O) groups is 1. The van der Waals surface area contributed by atoms with Crippen LogP contribution < -0.4 is 0 Å². The molecule has 1 heterocycles. The fraction of sp³-hybridized carbons (Fsp3) is 0.700. The fourth-order valence-corrected chi connectivity index (χ4v) is 1.33. The summed E-state index contributed by atoms with van der Waals surface area (Å²) in [5.41, 5.74) is -0.146. The van der Waals surface area contributed by atoms with Crippen LogP contribution in [-0.4, -0.2) is 23.0 Å². The van der Waals surface area contributed by atoms with Crippen LogP contribution in [0.5, 0.6) is 0 Å². The van der Waals surface area contributed by atoms with Crippen LogP contribution in [0, 0.1) is 5.41 Å². The molecule has 1 aromatic heterocycles. The summed E-state index contributed by atoms with van der Waals surface area (Å²) in [6.07, 6.45) is -0.283. The van der Waals surface area contributed by atoms with Crippen molar-refractivity contribution in [2.75, 3.05) is 7.11 Å². The summed E-state index contributed by atoms with van der Waals surface area (Å²) in [5.74, 6) is 0.198. The number of Topliss-reactive ketones (excluding diaryl/α,β-unsaturated/α-hetero) is 1. The summed E-state index contributed by atoms with van der Waals surface area (Å²) in [6.45, 7) is 7.40. The van der Waals surface area contributed by atoms with Gasteiger partial charge < -0.3 is 9.26 Å². The molecule has 15 heavy (non-hydrogen) atoms. The standard InChI is InChI=1S/C10H16N2O3/c1-6(13)9-11-8(12-15-9)7(14-5)10(2,3)4/h7H,1-5H3. The van der Waals surface area contributed by atoms with Gasteiger partial charge in [-0.25, -0.2) is 0 Å². The molecule has 84 valence electrons. The second-order valence-electron chi connectivity index (χ2n) is 4.50. The zero-order valence-corrected chi connectivity index (χ0v) is 9.70. The summed E-state index contributed by atoms with van der Waals surface area (Å²) in [6, 6.07) is 0. The van der Waals surface area contributed by atoms with Crippen LogP contribution in [-0.2, 0) is 4.74 Å². The van der Waals surface area contributed by atoms with Crippen LogP contribution in [0.4, 0.5) is 0 Å². The first kappa shape index (κ1) is 11.8. The Morgan fingerprint density at radius 3 is 2.40 bits per heavy atom. The van der Waals surface area contributed by atoms with E-state index in [0.29, 0.717) is 5.82 Å². The van der Waals surface area contributed by atoms with Crippen LogP contribution in [0.2, 0.25) is 0 Å². The van der Waals surface area contributed by atoms with Crippen molar-refractivity contribution >= 4 is 5.78 Å². The summed E-state index contributed by atoms with van der Waals surface area (Å²) in [7, 11) is 1.58. The highest BCUT2D eigenvalue weighted by atomic mass is 16.5. The number of carbonyl (C=O) groups excluding carboxylic acids is 1. The number of ether oxygens (including phenoxy) is 1. The lowest BCUT2D eigenvalue weighted by atomic mass is 9.88. The highest BCUT2D eigenvalue weighted by Gasteiger charge is 2.30. The van der Waals surface area contributed by atoms with E-state index in [1.54, 1.807) is 7.11 Å². The first-order chi connectivity index (χ1) is 6.86. The lowest BCUT2D eigenvalue weighted by Crippen LogP contribution is -2.21. The van der Waals surface area contributed by atoms with Crippen LogP contribution >= 0.6 is 0 Å². The molecule has 0 fully saturated rings. The van der Waals surface area contributed by atoms with E-state index in [1.165, 1.54) is 6.92 Å². The molecular formula is C10H16N2O3. The molecule has 0 aromatic carbocycles. The van der Waals surface area contributed by atoms with E-state index in [9.17, 15) is 4.79 Å². The SMILES string of the molecule is COC(c1noc(C(C)=O)n1)C(C)(C)C. The summed E-state index contributed by atoms with van der Waals surface area (Å²) >= 11 is 0. The number of methoxy groups -OCH3 is 1. The third-order valence-corrected chi connectivity index (χ3v) is 2.00. The van der Waals surface area contributed by atoms with Gasteiger partial charge in [-0.15, -0.1) is 0 Å². The first-order valence-corrected chi connectivity index (χ1v) is 4.73. The van der Waals surface area contributed by atoms with Gasteiger partial charge in [0.05, 0.1) is 0 Å². The molecule has 1 rings (SSSR count). The molecule has 1 atom stereocenters. The molecule has 0 bridgehead atoms. The first-order valence-electron chi connectivity index (χ1n) is 4.73. The predicted molar refractivity (Wildman–Crippen MR) is 53.5 cm³/mol. The van der Waals surface area contributed by atoms with Crippen LogP contribution in [0.15, 0.2) is 4.52 Å². The Morgan fingerprint density at radius 1 is 1.47 bits per heavy atom. The van der Waals surface area contributed by atoms with Gasteiger partial charge >= 0.3 is 0 Å². The maximum Gasteiger partial charge on any atom is 0.293 e. The van der Waals surface area contributed by atoms with E-state index in [-0.39, 0.29) is 23.2 Å². The topological polar surface area (TPSA) is 65.2 Å². The smallest absolute Gasteiger partial charge is 0.293 e. The van der Waals surface area contributed by atoms with Gasteiger partial charge in [0.15, 0.2) is 0 Å². The van der Waals surface area contributed by atoms with Gasteiger partial charge in [0.2, 0.25) is 11.6 Å². The highest BCUT2D eigenvalue weighted by Crippen LogP contribution is 2.33. The van der Waals surface area contributed by atoms with E-state index < -0.39 is 0 Å². The van der Waals surface area contributed by atoms with Gasteiger partial charge in [0.1, 0.15) is 6.10 Å². The van der Waals surface area contributed by atoms with Crippen molar-refractivity contribution in [2.24, 2.45) is 5.41 Å². The van der Waals surface area contributed by atoms with E-state index in [2.05, 4.69) is 10.1 Å². The molecule has 5 heteroatoms. The van der Waals surface area contributed by atoms with Gasteiger partial charge in [-0.2, -0.15) is 4.98 Å². The Morgan fingerprint density at radius 2 is 2.07 bits per heavy atom. The van der Waals surface area contributed by atoms with Gasteiger partial charge in [-0.1, -0.05) is 25.9 Å². The Labute approximate surface area is 88.8 Å². The van der Waals surface area contributed by atoms with Crippen molar-refractivity contribution in [3.05, 3.63) is 11.7 Å². The van der Waals surface area contributed by atoms with Gasteiger partial charge in [-0.05, 0) is 5.41 Å². The molecule has 0 aliphatic carbocycles. The molecule has 1 aromatic rings. The van der Waals surface area contributed by atoms with Crippen molar-refractivity contribution in [3.63, 3.8) is 0 Å². The average Bonchev–Trinajstić information content (AvgIpc) is 2.51. The van der Waals surface area contributed by atoms with E-state index >= 15 is 0 Å². The van der Waals surface area contributed by atoms with E-state index in [1.807, 2.05) is 20.8 Å². The van der Waals surface area contributed by atoms with Crippen LogP contribution in [0.25, 0.3) is 0 Å². The second kappa shape index (κ2) is 4.10. The average molecular weight is 212 g/mol. The van der Waals surface area contributed by atoms with E-state index in [0.717, 1.165) is 0 Å². The van der Waals surface area contributed by atoms with Crippen molar-refractivity contribution in [1.82, 2.24) is 10.1 Å². The maximum absolute atomic E-state index is 11.0. The molecule has 0 saturated heterocycles. The summed E-state index contributed by atoms with van der Waals surface area (Å²) in [5, 5.41) is 3.74. The minimum Gasteiger partial charge on any atom is -0.373 e. The highest BCUT2D eigenvalue weighted by molar-refractivity contribution is 5.89. The minimum atomic E-state index is -0.283. The molecule has 0 spiro atoms. The molecular weight excluding hydrogens is 196 g/mol. The molecule has 0 aliphatic heterocycles. The number of rotatable bonds is 3. The van der Waals surface area contributed by atoms with Crippen molar-refractivity contribution in [3.8, 4) is 0 Å². The Bertz CT molecular complexity index is 352. The minimum absolute atomic E-state index is 0.0244. The molecule has 1 unspecified atom stereocenters. The number of ketones is 1. The molecule has 0 N–H and O–H groups in total.